The zero-order valence-electron chi connectivity index (χ0n) is 33.1. The number of piperazine rings is 1. The smallest absolute Gasteiger partial charge is 0.319 e. The van der Waals surface area contributed by atoms with Crippen molar-refractivity contribution in [3.05, 3.63) is 53.3 Å². The third-order valence-corrected chi connectivity index (χ3v) is 20.2. The quantitative estimate of drug-likeness (QED) is 0.114. The SMILES string of the molecule is CC(C)[Si](C#Cc1c(F)ccc2cccc(-c3c(F)c4c5c(nc(OC[C@@]67CCCN6C[C@H](F)C7)nc5c3F)N3CC5CCC(N5)C3CO4)c12)(C(C)C)C(C)C. The van der Waals surface area contributed by atoms with E-state index in [0.717, 1.165) is 32.2 Å². The molecule has 1 N–H and O–H groups in total. The molecule has 4 aromatic rings. The largest absolute Gasteiger partial charge is 0.487 e. The Balaban J connectivity index is 1.25. The van der Waals surface area contributed by atoms with Crippen molar-refractivity contribution in [1.82, 2.24) is 20.2 Å². The van der Waals surface area contributed by atoms with Crippen molar-refractivity contribution >= 4 is 35.6 Å². The van der Waals surface area contributed by atoms with Gasteiger partial charge in [0, 0.05) is 37.0 Å². The minimum atomic E-state index is -2.31. The number of aromatic nitrogens is 2. The molecule has 3 aromatic carbocycles. The molecule has 2 bridgehead atoms. The molecule has 296 valence electrons. The molecule has 0 amide bonds. The molecular weight excluding hydrogens is 735 g/mol. The van der Waals surface area contributed by atoms with Crippen LogP contribution in [0.15, 0.2) is 30.3 Å². The van der Waals surface area contributed by atoms with Crippen LogP contribution in [0.1, 0.15) is 79.2 Å². The van der Waals surface area contributed by atoms with Gasteiger partial charge in [-0.05, 0) is 65.9 Å². The van der Waals surface area contributed by atoms with Gasteiger partial charge in [0.15, 0.2) is 17.4 Å². The van der Waals surface area contributed by atoms with Crippen molar-refractivity contribution in [2.75, 3.05) is 37.7 Å². The molecule has 4 fully saturated rings. The Morgan fingerprint density at radius 3 is 2.54 bits per heavy atom. The van der Waals surface area contributed by atoms with Crippen LogP contribution in [-0.2, 0) is 0 Å². The number of benzene rings is 3. The predicted molar refractivity (Wildman–Crippen MR) is 215 cm³/mol. The average molecular weight is 786 g/mol. The molecule has 0 aliphatic carbocycles. The number of nitrogens with one attached hydrogen (secondary N) is 1. The number of fused-ring (bicyclic) bond motifs is 7. The van der Waals surface area contributed by atoms with E-state index in [2.05, 4.69) is 73.1 Å². The number of hydrogen-bond acceptors (Lipinski definition) is 7. The van der Waals surface area contributed by atoms with Gasteiger partial charge in [-0.3, -0.25) is 4.90 Å². The number of alkyl halides is 1. The second-order valence-electron chi connectivity index (χ2n) is 17.8. The Morgan fingerprint density at radius 1 is 0.982 bits per heavy atom. The van der Waals surface area contributed by atoms with Gasteiger partial charge in [0.25, 0.3) is 0 Å². The normalized spacial score (nSPS) is 25.8. The summed E-state index contributed by atoms with van der Waals surface area (Å²) in [5.74, 6) is 1.17. The zero-order chi connectivity index (χ0) is 39.3. The van der Waals surface area contributed by atoms with Crippen LogP contribution in [-0.4, -0.2) is 85.6 Å². The lowest BCUT2D eigenvalue weighted by Gasteiger charge is -2.40. The monoisotopic (exact) mass is 785 g/mol. The summed E-state index contributed by atoms with van der Waals surface area (Å²) in [6.07, 6.45) is 3.04. The van der Waals surface area contributed by atoms with Crippen LogP contribution in [0.4, 0.5) is 23.4 Å². The number of ether oxygens (including phenoxy) is 2. The highest BCUT2D eigenvalue weighted by molar-refractivity contribution is 6.90. The van der Waals surface area contributed by atoms with E-state index in [0.29, 0.717) is 52.7 Å². The van der Waals surface area contributed by atoms with Gasteiger partial charge in [-0.15, -0.1) is 5.54 Å². The van der Waals surface area contributed by atoms with E-state index in [-0.39, 0.29) is 70.7 Å². The van der Waals surface area contributed by atoms with Gasteiger partial charge in [0.1, 0.15) is 44.6 Å². The molecule has 1 aromatic heterocycles. The third kappa shape index (κ3) is 5.73. The third-order valence-electron chi connectivity index (χ3n) is 13.9. The van der Waals surface area contributed by atoms with Gasteiger partial charge in [-0.1, -0.05) is 71.7 Å². The van der Waals surface area contributed by atoms with Gasteiger partial charge < -0.3 is 19.7 Å². The number of rotatable bonds is 7. The highest BCUT2D eigenvalue weighted by Crippen LogP contribution is 2.49. The molecule has 5 aliphatic heterocycles. The maximum atomic E-state index is 17.6. The number of nitrogens with zero attached hydrogens (tertiary/aromatic N) is 4. The van der Waals surface area contributed by atoms with Crippen LogP contribution in [0.25, 0.3) is 32.8 Å². The standard InChI is InChI=1S/C44H51F4N5O2Si/c1-24(2)56(25(3)4,26(5)6)18-15-30-32(46)13-11-27-9-7-10-31(35(27)30)36-38(47)40-37-41(39(36)48)54-22-34-33-14-12-29(49-33)21-53(34)42(37)51-43(50-40)55-23-44-16-8-17-52(44)20-28(45)19-44/h7,9-11,13,24-26,28-29,33-34,49H,8,12,14,16-17,19-23H2,1-6H3/t28-,29?,33?,34?,44+/m1/s1. The lowest BCUT2D eigenvalue weighted by Crippen LogP contribution is -2.60. The summed E-state index contributed by atoms with van der Waals surface area (Å²) in [5.41, 5.74) is 3.85. The molecule has 9 rings (SSSR count). The van der Waals surface area contributed by atoms with E-state index in [4.69, 9.17) is 14.5 Å². The van der Waals surface area contributed by atoms with Crippen molar-refractivity contribution in [1.29, 1.82) is 0 Å². The summed E-state index contributed by atoms with van der Waals surface area (Å²) in [6.45, 7) is 15.2. The van der Waals surface area contributed by atoms with Crippen molar-refractivity contribution < 1.29 is 27.0 Å². The van der Waals surface area contributed by atoms with Crippen LogP contribution < -0.4 is 19.7 Å². The molecule has 5 aliphatic rings. The van der Waals surface area contributed by atoms with Crippen molar-refractivity contribution in [2.45, 2.75) is 120 Å². The van der Waals surface area contributed by atoms with E-state index < -0.39 is 37.2 Å². The van der Waals surface area contributed by atoms with Gasteiger partial charge in [-0.25, -0.2) is 17.6 Å². The minimum Gasteiger partial charge on any atom is -0.487 e. The first kappa shape index (κ1) is 37.6. The van der Waals surface area contributed by atoms with E-state index in [1.54, 1.807) is 18.2 Å². The molecule has 5 atom stereocenters. The zero-order valence-corrected chi connectivity index (χ0v) is 34.1. The van der Waals surface area contributed by atoms with Gasteiger partial charge in [-0.2, -0.15) is 9.97 Å². The molecule has 12 heteroatoms. The number of anilines is 1. The summed E-state index contributed by atoms with van der Waals surface area (Å²) in [7, 11) is -2.31. The fraction of sp³-hybridized carbons (Fsp3) is 0.545. The van der Waals surface area contributed by atoms with Crippen LogP contribution in [0, 0.1) is 28.9 Å². The number of halogens is 4. The lowest BCUT2D eigenvalue weighted by molar-refractivity contribution is 0.107. The molecule has 6 heterocycles. The van der Waals surface area contributed by atoms with E-state index in [9.17, 15) is 4.39 Å². The lowest BCUT2D eigenvalue weighted by atomic mass is 9.92. The van der Waals surface area contributed by atoms with Crippen molar-refractivity contribution in [3.63, 3.8) is 0 Å². The molecule has 7 nitrogen and oxygen atoms in total. The van der Waals surface area contributed by atoms with Crippen molar-refractivity contribution in [3.8, 4) is 34.4 Å². The molecule has 3 unspecified atom stereocenters. The Morgan fingerprint density at radius 2 is 1.77 bits per heavy atom. The molecular formula is C44H51F4N5O2Si. The Kier molecular flexibility index (Phi) is 9.33. The highest BCUT2D eigenvalue weighted by atomic mass is 28.3. The topological polar surface area (TPSA) is 62.8 Å². The van der Waals surface area contributed by atoms with Crippen LogP contribution in [0.2, 0.25) is 16.6 Å². The van der Waals surface area contributed by atoms with Crippen LogP contribution in [0.3, 0.4) is 0 Å². The van der Waals surface area contributed by atoms with Crippen molar-refractivity contribution in [2.24, 2.45) is 0 Å². The Labute approximate surface area is 327 Å². The summed E-state index contributed by atoms with van der Waals surface area (Å²) >= 11 is 0. The Bertz CT molecular complexity index is 2270. The van der Waals surface area contributed by atoms with Gasteiger partial charge in [0.05, 0.1) is 28.1 Å². The fourth-order valence-electron chi connectivity index (χ4n) is 11.3. The van der Waals surface area contributed by atoms with Gasteiger partial charge >= 0.3 is 6.01 Å². The maximum absolute atomic E-state index is 17.6. The highest BCUT2D eigenvalue weighted by Gasteiger charge is 2.50. The fourth-order valence-corrected chi connectivity index (χ4v) is 16.5. The summed E-state index contributed by atoms with van der Waals surface area (Å²) in [4.78, 5) is 13.8. The van der Waals surface area contributed by atoms with Crippen LogP contribution >= 0.6 is 0 Å². The molecule has 0 radical (unpaired) electrons. The second-order valence-corrected chi connectivity index (χ2v) is 23.4. The Hall–Kier alpha value is -3.92. The molecule has 0 spiro atoms. The second kappa shape index (κ2) is 13.9. The maximum Gasteiger partial charge on any atom is 0.319 e. The van der Waals surface area contributed by atoms with Gasteiger partial charge in [0.2, 0.25) is 0 Å². The summed E-state index contributed by atoms with van der Waals surface area (Å²) in [6, 6.07) is 8.20. The summed E-state index contributed by atoms with van der Waals surface area (Å²) in [5, 5.41) is 4.77. The first-order valence-corrected chi connectivity index (χ1v) is 22.7. The van der Waals surface area contributed by atoms with E-state index in [1.165, 1.54) is 6.07 Å². The minimum absolute atomic E-state index is 0.0437. The first-order valence-electron chi connectivity index (χ1n) is 20.5. The number of hydrogen-bond donors (Lipinski definition) is 1. The van der Waals surface area contributed by atoms with Crippen LogP contribution in [0.5, 0.6) is 11.8 Å². The molecule has 56 heavy (non-hydrogen) atoms. The van der Waals surface area contributed by atoms with E-state index in [1.807, 2.05) is 6.07 Å². The molecule has 4 saturated heterocycles. The summed E-state index contributed by atoms with van der Waals surface area (Å²) < 4.78 is 78.7. The average Bonchev–Trinajstić information content (AvgIpc) is 3.79. The predicted octanol–water partition coefficient (Wildman–Crippen LogP) is 9.09. The van der Waals surface area contributed by atoms with E-state index >= 15 is 13.2 Å². The molecule has 0 saturated carbocycles. The first-order chi connectivity index (χ1) is 26.8.